The van der Waals surface area contributed by atoms with Gasteiger partial charge in [0.25, 0.3) is 0 Å². The molecule has 0 spiro atoms. The number of carbonyl (C=O) groups is 1. The van der Waals surface area contributed by atoms with Gasteiger partial charge in [-0.2, -0.15) is 0 Å². The Balaban J connectivity index is 2.39. The Kier molecular flexibility index (Phi) is 4.07. The fourth-order valence-corrected chi connectivity index (χ4v) is 2.08. The van der Waals surface area contributed by atoms with Crippen LogP contribution >= 0.6 is 11.6 Å². The van der Waals surface area contributed by atoms with Crippen molar-refractivity contribution in [3.8, 4) is 16.9 Å². The van der Waals surface area contributed by atoms with Gasteiger partial charge < -0.3 is 9.84 Å². The van der Waals surface area contributed by atoms with Crippen LogP contribution in [0, 0.1) is 0 Å². The molecule has 0 unspecified atom stereocenters. The molecule has 0 saturated heterocycles. The highest BCUT2D eigenvalue weighted by atomic mass is 35.5. The average Bonchev–Trinajstić information content (AvgIpc) is 2.40. The van der Waals surface area contributed by atoms with Crippen molar-refractivity contribution in [1.29, 1.82) is 0 Å². The van der Waals surface area contributed by atoms with E-state index >= 15 is 0 Å². The minimum atomic E-state index is -0.858. The molecule has 0 atom stereocenters. The molecule has 0 saturated carbocycles. The number of hydrogen-bond donors (Lipinski definition) is 1. The maximum Gasteiger partial charge on any atom is 0.307 e. The zero-order chi connectivity index (χ0) is 13.8. The first-order valence-corrected chi connectivity index (χ1v) is 6.12. The number of hydrogen-bond acceptors (Lipinski definition) is 2. The maximum atomic E-state index is 10.7. The van der Waals surface area contributed by atoms with E-state index in [0.717, 1.165) is 22.4 Å². The van der Waals surface area contributed by atoms with Crippen LogP contribution in [-0.4, -0.2) is 18.2 Å². The lowest BCUT2D eigenvalue weighted by Crippen LogP contribution is -2.00. The van der Waals surface area contributed by atoms with Gasteiger partial charge in [0.2, 0.25) is 0 Å². The third-order valence-corrected chi connectivity index (χ3v) is 3.12. The quantitative estimate of drug-likeness (QED) is 0.927. The first-order valence-electron chi connectivity index (χ1n) is 5.75. The summed E-state index contributed by atoms with van der Waals surface area (Å²) < 4.78 is 5.10. The smallest absolute Gasteiger partial charge is 0.307 e. The molecule has 2 aromatic rings. The lowest BCUT2D eigenvalue weighted by molar-refractivity contribution is -0.136. The second-order valence-corrected chi connectivity index (χ2v) is 4.52. The zero-order valence-corrected chi connectivity index (χ0v) is 11.1. The van der Waals surface area contributed by atoms with Crippen LogP contribution in [0.5, 0.6) is 5.75 Å². The number of carboxylic acids is 1. The number of carboxylic acid groups (broad SMARTS) is 1. The fourth-order valence-electron chi connectivity index (χ4n) is 1.85. The molecule has 19 heavy (non-hydrogen) atoms. The summed E-state index contributed by atoms with van der Waals surface area (Å²) >= 11 is 6.16. The molecule has 4 heteroatoms. The van der Waals surface area contributed by atoms with Crippen molar-refractivity contribution in [2.24, 2.45) is 0 Å². The summed E-state index contributed by atoms with van der Waals surface area (Å²) in [6, 6.07) is 12.7. The van der Waals surface area contributed by atoms with Gasteiger partial charge in [0.05, 0.1) is 13.5 Å². The summed E-state index contributed by atoms with van der Waals surface area (Å²) in [4.78, 5) is 10.7. The summed E-state index contributed by atoms with van der Waals surface area (Å²) in [7, 11) is 1.61. The van der Waals surface area contributed by atoms with E-state index < -0.39 is 5.97 Å². The molecular formula is C15H13ClO3. The van der Waals surface area contributed by atoms with E-state index in [9.17, 15) is 4.79 Å². The minimum absolute atomic E-state index is 0.0136. The second-order valence-electron chi connectivity index (χ2n) is 4.11. The number of benzene rings is 2. The maximum absolute atomic E-state index is 10.7. The SMILES string of the molecule is COc1ccc(-c2cc(CC(=O)O)ccc2Cl)cc1. The van der Waals surface area contributed by atoms with Crippen LogP contribution in [0.25, 0.3) is 11.1 Å². The predicted octanol–water partition coefficient (Wildman–Crippen LogP) is 3.64. The third-order valence-electron chi connectivity index (χ3n) is 2.79. The van der Waals surface area contributed by atoms with Crippen LogP contribution < -0.4 is 4.74 Å². The largest absolute Gasteiger partial charge is 0.497 e. The van der Waals surface area contributed by atoms with Crippen molar-refractivity contribution in [1.82, 2.24) is 0 Å². The number of aliphatic carboxylic acids is 1. The summed E-state index contributed by atoms with van der Waals surface area (Å²) in [5, 5.41) is 9.41. The van der Waals surface area contributed by atoms with Gasteiger partial charge in [-0.15, -0.1) is 0 Å². The molecular weight excluding hydrogens is 264 g/mol. The normalized spacial score (nSPS) is 10.2. The van der Waals surface area contributed by atoms with Crippen LogP contribution in [-0.2, 0) is 11.2 Å². The molecule has 2 aromatic carbocycles. The van der Waals surface area contributed by atoms with E-state index in [4.69, 9.17) is 21.4 Å². The van der Waals surface area contributed by atoms with E-state index in [1.54, 1.807) is 25.3 Å². The summed E-state index contributed by atoms with van der Waals surface area (Å²) in [6.07, 6.45) is -0.0136. The van der Waals surface area contributed by atoms with E-state index in [1.165, 1.54) is 0 Å². The third kappa shape index (κ3) is 3.26. The molecule has 0 bridgehead atoms. The standard InChI is InChI=1S/C15H13ClO3/c1-19-12-5-3-11(4-6-12)13-8-10(9-15(17)18)2-7-14(13)16/h2-8H,9H2,1H3,(H,17,18). The Morgan fingerprint density at radius 3 is 2.47 bits per heavy atom. The highest BCUT2D eigenvalue weighted by Gasteiger charge is 2.07. The minimum Gasteiger partial charge on any atom is -0.497 e. The highest BCUT2D eigenvalue weighted by molar-refractivity contribution is 6.33. The van der Waals surface area contributed by atoms with Gasteiger partial charge in [-0.3, -0.25) is 4.79 Å². The predicted molar refractivity (Wildman–Crippen MR) is 74.8 cm³/mol. The number of halogens is 1. The Hall–Kier alpha value is -2.00. The summed E-state index contributed by atoms with van der Waals surface area (Å²) in [5.41, 5.74) is 2.48. The van der Waals surface area contributed by atoms with Crippen LogP contribution in [0.2, 0.25) is 5.02 Å². The van der Waals surface area contributed by atoms with Gasteiger partial charge in [-0.25, -0.2) is 0 Å². The molecule has 1 N–H and O–H groups in total. The van der Waals surface area contributed by atoms with Gasteiger partial charge in [-0.05, 0) is 35.4 Å². The van der Waals surface area contributed by atoms with Crippen LogP contribution in [0.4, 0.5) is 0 Å². The monoisotopic (exact) mass is 276 g/mol. The molecule has 0 aliphatic carbocycles. The highest BCUT2D eigenvalue weighted by Crippen LogP contribution is 2.30. The second kappa shape index (κ2) is 5.76. The van der Waals surface area contributed by atoms with Gasteiger partial charge >= 0.3 is 5.97 Å². The van der Waals surface area contributed by atoms with E-state index in [-0.39, 0.29) is 6.42 Å². The summed E-state index contributed by atoms with van der Waals surface area (Å²) in [6.45, 7) is 0. The van der Waals surface area contributed by atoms with Crippen molar-refractivity contribution < 1.29 is 14.6 Å². The first kappa shape index (κ1) is 13.4. The van der Waals surface area contributed by atoms with Gasteiger partial charge in [-0.1, -0.05) is 29.8 Å². The fraction of sp³-hybridized carbons (Fsp3) is 0.133. The Morgan fingerprint density at radius 2 is 1.89 bits per heavy atom. The molecule has 0 aromatic heterocycles. The molecule has 0 heterocycles. The van der Waals surface area contributed by atoms with Crippen LogP contribution in [0.1, 0.15) is 5.56 Å². The Labute approximate surface area is 116 Å². The number of methoxy groups -OCH3 is 1. The van der Waals surface area contributed by atoms with Crippen molar-refractivity contribution in [2.45, 2.75) is 6.42 Å². The molecule has 0 radical (unpaired) electrons. The van der Waals surface area contributed by atoms with Crippen LogP contribution in [0.3, 0.4) is 0 Å². The molecule has 0 aliphatic rings. The topological polar surface area (TPSA) is 46.5 Å². The van der Waals surface area contributed by atoms with E-state index in [1.807, 2.05) is 24.3 Å². The number of ether oxygens (including phenoxy) is 1. The van der Waals surface area contributed by atoms with Crippen molar-refractivity contribution in [3.63, 3.8) is 0 Å². The number of rotatable bonds is 4. The lowest BCUT2D eigenvalue weighted by atomic mass is 10.0. The lowest BCUT2D eigenvalue weighted by Gasteiger charge is -2.08. The molecule has 3 nitrogen and oxygen atoms in total. The molecule has 0 fully saturated rings. The molecule has 0 amide bonds. The van der Waals surface area contributed by atoms with E-state index in [2.05, 4.69) is 0 Å². The molecule has 0 aliphatic heterocycles. The van der Waals surface area contributed by atoms with Crippen molar-refractivity contribution in [3.05, 3.63) is 53.1 Å². The van der Waals surface area contributed by atoms with Gasteiger partial charge in [0, 0.05) is 10.6 Å². The summed E-state index contributed by atoms with van der Waals surface area (Å²) in [5.74, 6) is -0.0930. The van der Waals surface area contributed by atoms with Gasteiger partial charge in [0.15, 0.2) is 0 Å². The first-order chi connectivity index (χ1) is 9.10. The van der Waals surface area contributed by atoms with Gasteiger partial charge in [0.1, 0.15) is 5.75 Å². The zero-order valence-electron chi connectivity index (χ0n) is 10.4. The molecule has 2 rings (SSSR count). The van der Waals surface area contributed by atoms with Crippen molar-refractivity contribution >= 4 is 17.6 Å². The molecule has 98 valence electrons. The van der Waals surface area contributed by atoms with Crippen LogP contribution in [0.15, 0.2) is 42.5 Å². The Morgan fingerprint density at radius 1 is 1.21 bits per heavy atom. The Bertz CT molecular complexity index is 591. The van der Waals surface area contributed by atoms with Crippen molar-refractivity contribution in [2.75, 3.05) is 7.11 Å². The average molecular weight is 277 g/mol. The van der Waals surface area contributed by atoms with E-state index in [0.29, 0.717) is 5.02 Å².